The maximum absolute atomic E-state index is 9.55. The summed E-state index contributed by atoms with van der Waals surface area (Å²) in [6, 6.07) is 22.3. The fraction of sp³-hybridized carbons (Fsp3) is 0.333. The van der Waals surface area contributed by atoms with Gasteiger partial charge in [0.2, 0.25) is 0 Å². The molecule has 0 radical (unpaired) electrons. The van der Waals surface area contributed by atoms with E-state index in [-0.39, 0.29) is 0 Å². The van der Waals surface area contributed by atoms with Crippen molar-refractivity contribution in [3.63, 3.8) is 0 Å². The molecule has 1 unspecified atom stereocenters. The largest absolute Gasteiger partial charge is 0.478 e. The van der Waals surface area contributed by atoms with Crippen LogP contribution in [-0.4, -0.2) is 59.8 Å². The van der Waals surface area contributed by atoms with Crippen molar-refractivity contribution in [2.45, 2.75) is 25.3 Å². The van der Waals surface area contributed by atoms with Crippen LogP contribution in [0.15, 0.2) is 72.8 Å². The van der Waals surface area contributed by atoms with Crippen LogP contribution in [0.2, 0.25) is 0 Å². The lowest BCUT2D eigenvalue weighted by atomic mass is 10.1. The van der Waals surface area contributed by atoms with Crippen molar-refractivity contribution in [2.24, 2.45) is 0 Å². The molecule has 0 saturated carbocycles. The lowest BCUT2D eigenvalue weighted by molar-refractivity contribution is -0.134. The lowest BCUT2D eigenvalue weighted by Gasteiger charge is -2.30. The highest BCUT2D eigenvalue weighted by Gasteiger charge is 2.25. The third kappa shape index (κ3) is 8.49. The van der Waals surface area contributed by atoms with E-state index >= 15 is 0 Å². The summed E-state index contributed by atoms with van der Waals surface area (Å²) in [5.41, 5.74) is 2.81. The Bertz CT molecular complexity index is 792. The molecule has 1 aliphatic rings. The van der Waals surface area contributed by atoms with Crippen LogP contribution in [0.1, 0.15) is 18.4 Å². The predicted molar refractivity (Wildman–Crippen MR) is 119 cm³/mol. The molecule has 2 N–H and O–H groups in total. The molecule has 1 fully saturated rings. The third-order valence-corrected chi connectivity index (χ3v) is 4.98. The number of nitrogens with zero attached hydrogens (tertiary/aromatic N) is 2. The zero-order chi connectivity index (χ0) is 21.8. The molecule has 1 atom stereocenters. The van der Waals surface area contributed by atoms with Gasteiger partial charge in [0, 0.05) is 43.5 Å². The minimum absolute atomic E-state index is 0.558. The van der Waals surface area contributed by atoms with E-state index in [2.05, 4.69) is 77.5 Å². The highest BCUT2D eigenvalue weighted by Crippen LogP contribution is 2.25. The summed E-state index contributed by atoms with van der Waals surface area (Å²) in [4.78, 5) is 24.2. The molecule has 0 aliphatic carbocycles. The maximum Gasteiger partial charge on any atom is 0.328 e. The van der Waals surface area contributed by atoms with Crippen LogP contribution in [0.4, 0.5) is 5.69 Å². The zero-order valence-corrected chi connectivity index (χ0v) is 17.4. The van der Waals surface area contributed by atoms with E-state index in [0.717, 1.165) is 19.5 Å². The number of benzene rings is 2. The summed E-state index contributed by atoms with van der Waals surface area (Å²) >= 11 is 0. The minimum Gasteiger partial charge on any atom is -0.478 e. The van der Waals surface area contributed by atoms with Crippen molar-refractivity contribution >= 4 is 17.6 Å². The first-order chi connectivity index (χ1) is 14.5. The molecule has 1 aliphatic heterocycles. The smallest absolute Gasteiger partial charge is 0.328 e. The molecule has 160 valence electrons. The first-order valence-electron chi connectivity index (χ1n) is 10.1. The monoisotopic (exact) mass is 410 g/mol. The molecule has 1 heterocycles. The van der Waals surface area contributed by atoms with Crippen LogP contribution in [0.5, 0.6) is 0 Å². The van der Waals surface area contributed by atoms with Crippen molar-refractivity contribution in [3.8, 4) is 0 Å². The Hall–Kier alpha value is -3.12. The Morgan fingerprint density at radius 2 is 1.57 bits per heavy atom. The highest BCUT2D eigenvalue weighted by molar-refractivity contribution is 5.89. The summed E-state index contributed by atoms with van der Waals surface area (Å²) in [5.74, 6) is -2.51. The first-order valence-corrected chi connectivity index (χ1v) is 10.1. The first kappa shape index (κ1) is 23.2. The number of rotatable bonds is 8. The van der Waals surface area contributed by atoms with Crippen LogP contribution >= 0.6 is 0 Å². The average molecular weight is 411 g/mol. The van der Waals surface area contributed by atoms with E-state index in [9.17, 15) is 9.59 Å². The summed E-state index contributed by atoms with van der Waals surface area (Å²) < 4.78 is 0. The van der Waals surface area contributed by atoms with Gasteiger partial charge in [-0.1, -0.05) is 48.5 Å². The number of hydrogen-bond donors (Lipinski definition) is 2. The van der Waals surface area contributed by atoms with Crippen molar-refractivity contribution < 1.29 is 19.8 Å². The van der Waals surface area contributed by atoms with Crippen LogP contribution in [-0.2, 0) is 16.0 Å². The van der Waals surface area contributed by atoms with Gasteiger partial charge >= 0.3 is 11.9 Å². The molecule has 0 aromatic heterocycles. The molecule has 6 nitrogen and oxygen atoms in total. The molecule has 30 heavy (non-hydrogen) atoms. The minimum atomic E-state index is -1.26. The van der Waals surface area contributed by atoms with Gasteiger partial charge in [0.25, 0.3) is 0 Å². The zero-order valence-electron chi connectivity index (χ0n) is 17.4. The quantitative estimate of drug-likeness (QED) is 0.648. The number of likely N-dealkylation sites (N-methyl/N-ethyl adjacent to an activating group) is 1. The number of aliphatic carboxylic acids is 2. The van der Waals surface area contributed by atoms with Crippen molar-refractivity contribution in [1.29, 1.82) is 0 Å². The van der Waals surface area contributed by atoms with E-state index in [1.807, 2.05) is 0 Å². The number of hydrogen-bond acceptors (Lipinski definition) is 4. The van der Waals surface area contributed by atoms with Crippen LogP contribution in [0.25, 0.3) is 0 Å². The van der Waals surface area contributed by atoms with Gasteiger partial charge in [0.05, 0.1) is 0 Å². The Labute approximate surface area is 178 Å². The SMILES string of the molecule is CN(CCc1ccccc1)CC1CCCN1c1ccccc1.O=C(O)/C=C/C(=O)O. The lowest BCUT2D eigenvalue weighted by Crippen LogP contribution is -2.39. The molecule has 3 rings (SSSR count). The molecular formula is C24H30N2O4. The molecule has 2 aromatic carbocycles. The van der Waals surface area contributed by atoms with E-state index in [0.29, 0.717) is 18.2 Å². The normalized spacial score (nSPS) is 15.8. The number of carboxylic acids is 2. The Morgan fingerprint density at radius 1 is 1.00 bits per heavy atom. The van der Waals surface area contributed by atoms with E-state index in [4.69, 9.17) is 10.2 Å². The van der Waals surface area contributed by atoms with E-state index in [1.54, 1.807) is 0 Å². The number of carbonyl (C=O) groups is 2. The Kier molecular flexibility index (Phi) is 9.61. The highest BCUT2D eigenvalue weighted by atomic mass is 16.4. The fourth-order valence-electron chi connectivity index (χ4n) is 3.54. The van der Waals surface area contributed by atoms with Crippen molar-refractivity contribution in [2.75, 3.05) is 31.6 Å². The molecule has 1 saturated heterocycles. The molecular weight excluding hydrogens is 380 g/mol. The molecule has 0 spiro atoms. The third-order valence-electron chi connectivity index (χ3n) is 4.98. The Balaban J connectivity index is 0.000000343. The summed E-state index contributed by atoms with van der Waals surface area (Å²) in [6.07, 6.45) is 4.87. The van der Waals surface area contributed by atoms with Gasteiger partial charge in [-0.25, -0.2) is 9.59 Å². The Morgan fingerprint density at radius 3 is 2.13 bits per heavy atom. The van der Waals surface area contributed by atoms with Gasteiger partial charge < -0.3 is 20.0 Å². The van der Waals surface area contributed by atoms with Crippen LogP contribution < -0.4 is 4.90 Å². The van der Waals surface area contributed by atoms with Gasteiger partial charge in [-0.15, -0.1) is 0 Å². The second-order valence-electron chi connectivity index (χ2n) is 7.33. The van der Waals surface area contributed by atoms with Crippen LogP contribution in [0.3, 0.4) is 0 Å². The molecule has 6 heteroatoms. The van der Waals surface area contributed by atoms with Crippen molar-refractivity contribution in [1.82, 2.24) is 4.90 Å². The molecule has 0 amide bonds. The molecule has 0 bridgehead atoms. The van der Waals surface area contributed by atoms with Gasteiger partial charge in [0.15, 0.2) is 0 Å². The van der Waals surface area contributed by atoms with Gasteiger partial charge in [-0.2, -0.15) is 0 Å². The standard InChI is InChI=1S/C20H26N2.C4H4O4/c1-21(16-14-18-9-4-2-5-10-18)17-20-13-8-15-22(20)19-11-6-3-7-12-19;5-3(6)1-2-4(7)8/h2-7,9-12,20H,8,13-17H2,1H3;1-2H,(H,5,6)(H,7,8)/b;2-1+. The maximum atomic E-state index is 9.55. The molecule has 2 aromatic rings. The summed E-state index contributed by atoms with van der Waals surface area (Å²) in [5, 5.41) is 15.6. The predicted octanol–water partition coefficient (Wildman–Crippen LogP) is 3.54. The number of para-hydroxylation sites is 1. The van der Waals surface area contributed by atoms with E-state index < -0.39 is 11.9 Å². The number of anilines is 1. The summed E-state index contributed by atoms with van der Waals surface area (Å²) in [7, 11) is 2.25. The second-order valence-corrected chi connectivity index (χ2v) is 7.33. The van der Waals surface area contributed by atoms with Gasteiger partial charge in [-0.05, 0) is 44.0 Å². The topological polar surface area (TPSA) is 81.1 Å². The summed E-state index contributed by atoms with van der Waals surface area (Å²) in [6.45, 7) is 3.48. The van der Waals surface area contributed by atoms with Gasteiger partial charge in [-0.3, -0.25) is 0 Å². The second kappa shape index (κ2) is 12.4. The number of carboxylic acid groups (broad SMARTS) is 2. The average Bonchev–Trinajstić information content (AvgIpc) is 3.21. The van der Waals surface area contributed by atoms with Crippen molar-refractivity contribution in [3.05, 3.63) is 78.4 Å². The fourth-order valence-corrected chi connectivity index (χ4v) is 3.54. The van der Waals surface area contributed by atoms with E-state index in [1.165, 1.54) is 30.6 Å². The van der Waals surface area contributed by atoms with Crippen LogP contribution in [0, 0.1) is 0 Å². The van der Waals surface area contributed by atoms with Gasteiger partial charge in [0.1, 0.15) is 0 Å².